The lowest BCUT2D eigenvalue weighted by Gasteiger charge is -2.19. The van der Waals surface area contributed by atoms with Gasteiger partial charge in [-0.05, 0) is 23.1 Å². The van der Waals surface area contributed by atoms with Gasteiger partial charge in [-0.15, -0.1) is 0 Å². The third-order valence-corrected chi connectivity index (χ3v) is 3.30. The molecule has 0 spiro atoms. The number of hydrogen-bond donors (Lipinski definition) is 3. The molecule has 0 aliphatic rings. The fourth-order valence-electron chi connectivity index (χ4n) is 2.10. The molecule has 2 rings (SSSR count). The Morgan fingerprint density at radius 3 is 2.21 bits per heavy atom. The van der Waals surface area contributed by atoms with Gasteiger partial charge in [-0.1, -0.05) is 38.1 Å². The second-order valence-electron chi connectivity index (χ2n) is 4.93. The molecule has 0 radical (unpaired) electrons. The van der Waals surface area contributed by atoms with E-state index in [0.29, 0.717) is 11.6 Å². The number of nitrogen functional groups attached to an aromatic ring is 1. The molecule has 1 aromatic carbocycles. The van der Waals surface area contributed by atoms with Gasteiger partial charge in [-0.2, -0.15) is 0 Å². The Bertz CT molecular complexity index is 534. The van der Waals surface area contributed by atoms with E-state index in [0.717, 1.165) is 11.1 Å². The summed E-state index contributed by atoms with van der Waals surface area (Å²) in [6, 6.07) is 10.0. The highest BCUT2D eigenvalue weighted by Crippen LogP contribution is 2.26. The summed E-state index contributed by atoms with van der Waals surface area (Å²) in [4.78, 5) is 4.11. The van der Waals surface area contributed by atoms with Crippen LogP contribution in [0.4, 0.5) is 5.69 Å². The summed E-state index contributed by atoms with van der Waals surface area (Å²) < 4.78 is 0. The van der Waals surface area contributed by atoms with Crippen LogP contribution in [0.1, 0.15) is 42.5 Å². The highest BCUT2D eigenvalue weighted by Gasteiger charge is 2.15. The van der Waals surface area contributed by atoms with Crippen molar-refractivity contribution in [3.8, 4) is 0 Å². The van der Waals surface area contributed by atoms with Gasteiger partial charge in [-0.25, -0.2) is 5.43 Å². The van der Waals surface area contributed by atoms with Gasteiger partial charge in [-0.3, -0.25) is 10.8 Å². The van der Waals surface area contributed by atoms with Crippen molar-refractivity contribution >= 4 is 5.69 Å². The molecule has 0 amide bonds. The summed E-state index contributed by atoms with van der Waals surface area (Å²) >= 11 is 0. The third-order valence-electron chi connectivity index (χ3n) is 3.30. The quantitative estimate of drug-likeness (QED) is 0.579. The minimum Gasteiger partial charge on any atom is -0.398 e. The third kappa shape index (κ3) is 2.92. The van der Waals surface area contributed by atoms with Crippen molar-refractivity contribution in [1.29, 1.82) is 0 Å². The number of nitrogens with two attached hydrogens (primary N) is 2. The van der Waals surface area contributed by atoms with Crippen LogP contribution in [0.25, 0.3) is 0 Å². The number of nitrogens with one attached hydrogen (secondary N) is 1. The molecule has 2 aromatic rings. The Morgan fingerprint density at radius 1 is 1.05 bits per heavy atom. The molecule has 0 bridgehead atoms. The summed E-state index contributed by atoms with van der Waals surface area (Å²) in [5.41, 5.74) is 12.7. The van der Waals surface area contributed by atoms with Crippen molar-refractivity contribution in [2.24, 2.45) is 5.84 Å². The summed E-state index contributed by atoms with van der Waals surface area (Å²) in [6.45, 7) is 4.35. The molecule has 0 fully saturated rings. The summed E-state index contributed by atoms with van der Waals surface area (Å²) in [5, 5.41) is 0. The lowest BCUT2D eigenvalue weighted by atomic mass is 9.96. The van der Waals surface area contributed by atoms with E-state index in [4.69, 9.17) is 11.6 Å². The maximum Gasteiger partial charge on any atom is 0.0745 e. The Balaban J connectivity index is 2.35. The average molecular weight is 256 g/mol. The molecule has 100 valence electrons. The fourth-order valence-corrected chi connectivity index (χ4v) is 2.10. The normalized spacial score (nSPS) is 12.6. The van der Waals surface area contributed by atoms with E-state index >= 15 is 0 Å². The number of rotatable bonds is 4. The van der Waals surface area contributed by atoms with Crippen molar-refractivity contribution in [2.45, 2.75) is 25.8 Å². The standard InChI is InChI=1S/C15H20N4/c1-10(2)11-3-5-12(6-4-11)15(19-17)13-9-18-8-7-14(13)16/h3-10,15,19H,17H2,1-2H3,(H2,16,18). The molecule has 0 saturated carbocycles. The van der Waals surface area contributed by atoms with Gasteiger partial charge in [0.25, 0.3) is 0 Å². The first-order valence-corrected chi connectivity index (χ1v) is 6.39. The zero-order chi connectivity index (χ0) is 13.8. The van der Waals surface area contributed by atoms with E-state index in [1.165, 1.54) is 5.56 Å². The van der Waals surface area contributed by atoms with Gasteiger partial charge in [0.1, 0.15) is 0 Å². The predicted octanol–water partition coefficient (Wildman–Crippen LogP) is 2.34. The van der Waals surface area contributed by atoms with Gasteiger partial charge in [0, 0.05) is 23.6 Å². The minimum atomic E-state index is -0.144. The van der Waals surface area contributed by atoms with Crippen molar-refractivity contribution < 1.29 is 0 Å². The van der Waals surface area contributed by atoms with Crippen molar-refractivity contribution in [3.63, 3.8) is 0 Å². The number of hydrogen-bond acceptors (Lipinski definition) is 4. The second kappa shape index (κ2) is 5.82. The molecular formula is C15H20N4. The van der Waals surface area contributed by atoms with E-state index in [1.54, 1.807) is 18.5 Å². The molecule has 5 N–H and O–H groups in total. The first-order valence-electron chi connectivity index (χ1n) is 6.39. The lowest BCUT2D eigenvalue weighted by molar-refractivity contribution is 0.636. The van der Waals surface area contributed by atoms with Crippen LogP contribution in [0.15, 0.2) is 42.7 Å². The molecule has 1 heterocycles. The van der Waals surface area contributed by atoms with E-state index < -0.39 is 0 Å². The number of nitrogens with zero attached hydrogens (tertiary/aromatic N) is 1. The van der Waals surface area contributed by atoms with Crippen LogP contribution in [-0.2, 0) is 0 Å². The Kier molecular flexibility index (Phi) is 4.14. The van der Waals surface area contributed by atoms with Crippen molar-refractivity contribution in [3.05, 3.63) is 59.4 Å². The lowest BCUT2D eigenvalue weighted by Crippen LogP contribution is -2.29. The maximum atomic E-state index is 5.98. The average Bonchev–Trinajstić information content (AvgIpc) is 2.42. The Labute approximate surface area is 113 Å². The topological polar surface area (TPSA) is 77.0 Å². The van der Waals surface area contributed by atoms with Crippen LogP contribution >= 0.6 is 0 Å². The van der Waals surface area contributed by atoms with Crippen molar-refractivity contribution in [2.75, 3.05) is 5.73 Å². The van der Waals surface area contributed by atoms with Crippen LogP contribution in [0.5, 0.6) is 0 Å². The van der Waals surface area contributed by atoms with Gasteiger partial charge in [0.15, 0.2) is 0 Å². The number of aromatic nitrogens is 1. The van der Waals surface area contributed by atoms with Crippen LogP contribution in [0, 0.1) is 0 Å². The summed E-state index contributed by atoms with van der Waals surface area (Å²) in [7, 11) is 0. The maximum absolute atomic E-state index is 5.98. The van der Waals surface area contributed by atoms with E-state index in [-0.39, 0.29) is 6.04 Å². The van der Waals surface area contributed by atoms with Crippen LogP contribution in [-0.4, -0.2) is 4.98 Å². The molecule has 0 aliphatic carbocycles. The van der Waals surface area contributed by atoms with Gasteiger partial charge in [0.05, 0.1) is 6.04 Å². The van der Waals surface area contributed by atoms with E-state index in [2.05, 4.69) is 48.5 Å². The second-order valence-corrected chi connectivity index (χ2v) is 4.93. The molecule has 1 unspecified atom stereocenters. The number of hydrazine groups is 1. The molecule has 19 heavy (non-hydrogen) atoms. The monoisotopic (exact) mass is 256 g/mol. The number of pyridine rings is 1. The van der Waals surface area contributed by atoms with Gasteiger partial charge < -0.3 is 5.73 Å². The van der Waals surface area contributed by atoms with Crippen LogP contribution in [0.3, 0.4) is 0 Å². The minimum absolute atomic E-state index is 0.144. The Hall–Kier alpha value is -1.91. The van der Waals surface area contributed by atoms with E-state index in [9.17, 15) is 0 Å². The molecule has 0 saturated heterocycles. The number of benzene rings is 1. The number of anilines is 1. The van der Waals surface area contributed by atoms with Gasteiger partial charge >= 0.3 is 0 Å². The zero-order valence-electron chi connectivity index (χ0n) is 11.3. The van der Waals surface area contributed by atoms with Gasteiger partial charge in [0.2, 0.25) is 0 Å². The predicted molar refractivity (Wildman–Crippen MR) is 78.3 cm³/mol. The largest absolute Gasteiger partial charge is 0.398 e. The SMILES string of the molecule is CC(C)c1ccc(C(NN)c2cnccc2N)cc1. The Morgan fingerprint density at radius 2 is 1.68 bits per heavy atom. The molecule has 1 atom stereocenters. The van der Waals surface area contributed by atoms with Crippen molar-refractivity contribution in [1.82, 2.24) is 10.4 Å². The first kappa shape index (κ1) is 13.5. The fraction of sp³-hybridized carbons (Fsp3) is 0.267. The molecule has 4 nitrogen and oxygen atoms in total. The highest BCUT2D eigenvalue weighted by molar-refractivity contribution is 5.49. The highest BCUT2D eigenvalue weighted by atomic mass is 15.2. The molecule has 0 aliphatic heterocycles. The molecule has 4 heteroatoms. The summed E-state index contributed by atoms with van der Waals surface area (Å²) in [6.07, 6.45) is 3.42. The molecule has 1 aromatic heterocycles. The van der Waals surface area contributed by atoms with E-state index in [1.807, 2.05) is 0 Å². The van der Waals surface area contributed by atoms with Crippen LogP contribution < -0.4 is 17.0 Å². The molecular weight excluding hydrogens is 236 g/mol. The first-order chi connectivity index (χ1) is 9.13. The van der Waals surface area contributed by atoms with Crippen LogP contribution in [0.2, 0.25) is 0 Å². The smallest absolute Gasteiger partial charge is 0.0745 e. The zero-order valence-corrected chi connectivity index (χ0v) is 11.3. The summed E-state index contributed by atoms with van der Waals surface area (Å²) in [5.74, 6) is 6.19.